The first-order chi connectivity index (χ1) is 25.2. The maximum Gasteiger partial charge on any atom is 0.333 e. The number of hydrogen-bond donors (Lipinski definition) is 1. The van der Waals surface area contributed by atoms with E-state index in [1.165, 1.54) is 37.9 Å². The van der Waals surface area contributed by atoms with Crippen LogP contribution in [0, 0.1) is 12.7 Å². The number of nitrogens with zero attached hydrogens (tertiary/aromatic N) is 6. The summed E-state index contributed by atoms with van der Waals surface area (Å²) in [6.45, 7) is 3.17. The lowest BCUT2D eigenvalue weighted by Gasteiger charge is -2.34. The highest BCUT2D eigenvalue weighted by atomic mass is 32.2. The summed E-state index contributed by atoms with van der Waals surface area (Å²) in [7, 11) is -5.63. The van der Waals surface area contributed by atoms with Crippen molar-refractivity contribution in [1.82, 2.24) is 23.4 Å². The molecule has 1 saturated heterocycles. The molecule has 0 atom stereocenters. The second-order valence-electron chi connectivity index (χ2n) is 12.9. The SMILES string of the molecule is Cc1ccc(S(=O)(=O)O)cc1.Cn1c(=O)n(-c2ccc(N3CCN(S(C)(=O)=O)CC3)c(F)c2)c2c3cc(-c4cnc5ccccc5c4)ccc3ncc21. The second kappa shape index (κ2) is 13.8. The summed E-state index contributed by atoms with van der Waals surface area (Å²) in [5.41, 5.74) is 6.15. The second-order valence-corrected chi connectivity index (χ2v) is 16.3. The number of pyridine rings is 2. The van der Waals surface area contributed by atoms with E-state index in [0.29, 0.717) is 41.0 Å². The molecule has 0 radical (unpaired) electrons. The van der Waals surface area contributed by atoms with E-state index in [1.54, 1.807) is 37.5 Å². The van der Waals surface area contributed by atoms with Gasteiger partial charge >= 0.3 is 5.69 Å². The topological polar surface area (TPSA) is 148 Å². The van der Waals surface area contributed by atoms with Gasteiger partial charge in [0.15, 0.2) is 0 Å². The van der Waals surface area contributed by atoms with Gasteiger partial charge in [-0.3, -0.25) is 23.7 Å². The number of aromatic nitrogens is 4. The number of fused-ring (bicyclic) bond motifs is 4. The van der Waals surface area contributed by atoms with Crippen molar-refractivity contribution in [3.63, 3.8) is 0 Å². The van der Waals surface area contributed by atoms with Gasteiger partial charge in [-0.15, -0.1) is 0 Å². The molecule has 0 amide bonds. The van der Waals surface area contributed by atoms with Crippen molar-refractivity contribution in [3.05, 3.63) is 125 Å². The number of para-hydroxylation sites is 1. The van der Waals surface area contributed by atoms with Crippen LogP contribution in [0.2, 0.25) is 0 Å². The number of aryl methyl sites for hydroxylation is 2. The van der Waals surface area contributed by atoms with E-state index in [0.717, 1.165) is 33.0 Å². The average molecular weight is 755 g/mol. The van der Waals surface area contributed by atoms with Gasteiger partial charge in [0.2, 0.25) is 10.0 Å². The predicted molar refractivity (Wildman–Crippen MR) is 204 cm³/mol. The summed E-state index contributed by atoms with van der Waals surface area (Å²) >= 11 is 0. The minimum absolute atomic E-state index is 0.0666. The standard InChI is InChI=1S/C31H27FN6O3S.C7H8O3S/c1-35-29-19-34-27-9-7-20(22-15-21-5-3-4-6-26(21)33-18-22)16-24(27)30(29)38(31(35)39)23-8-10-28(25(32)17-23)36-11-13-37(14-12-36)42(2,40)41;1-6-2-4-7(5-3-6)11(8,9)10/h3-10,15-19H,11-14H2,1-2H3;2-5H,1H3,(H,8,9,10). The van der Waals surface area contributed by atoms with Crippen LogP contribution in [0.25, 0.3) is 49.7 Å². The molecule has 4 aromatic carbocycles. The summed E-state index contributed by atoms with van der Waals surface area (Å²) in [6, 6.07) is 26.6. The molecule has 1 aliphatic rings. The molecular weight excluding hydrogens is 720 g/mol. The predicted octanol–water partition coefficient (Wildman–Crippen LogP) is 5.56. The Morgan fingerprint density at radius 3 is 2.15 bits per heavy atom. The Hall–Kier alpha value is -5.48. The Kier molecular flexibility index (Phi) is 9.36. The molecule has 15 heteroatoms. The van der Waals surface area contributed by atoms with Gasteiger partial charge in [0, 0.05) is 61.8 Å². The highest BCUT2D eigenvalue weighted by Crippen LogP contribution is 2.32. The zero-order valence-electron chi connectivity index (χ0n) is 29.0. The Morgan fingerprint density at radius 2 is 1.47 bits per heavy atom. The van der Waals surface area contributed by atoms with E-state index in [4.69, 9.17) is 4.55 Å². The van der Waals surface area contributed by atoms with Crippen molar-refractivity contribution in [2.45, 2.75) is 11.8 Å². The molecule has 0 bridgehead atoms. The smallest absolute Gasteiger partial charge is 0.333 e. The minimum Gasteiger partial charge on any atom is -0.367 e. The van der Waals surface area contributed by atoms with Crippen LogP contribution >= 0.6 is 0 Å². The Morgan fingerprint density at radius 1 is 0.774 bits per heavy atom. The first-order valence-corrected chi connectivity index (χ1v) is 19.9. The fourth-order valence-corrected chi connectivity index (χ4v) is 7.81. The van der Waals surface area contributed by atoms with Gasteiger partial charge < -0.3 is 4.90 Å². The third-order valence-electron chi connectivity index (χ3n) is 9.36. The third-order valence-corrected chi connectivity index (χ3v) is 11.5. The number of halogens is 1. The normalized spacial score (nSPS) is 14.1. The lowest BCUT2D eigenvalue weighted by atomic mass is 10.0. The minimum atomic E-state index is -4.02. The fraction of sp³-hybridized carbons (Fsp3) is 0.184. The van der Waals surface area contributed by atoms with E-state index < -0.39 is 26.0 Å². The number of benzene rings is 4. The molecule has 12 nitrogen and oxygen atoms in total. The largest absolute Gasteiger partial charge is 0.367 e. The van der Waals surface area contributed by atoms with E-state index in [-0.39, 0.29) is 23.7 Å². The zero-order chi connectivity index (χ0) is 37.7. The van der Waals surface area contributed by atoms with Gasteiger partial charge in [0.25, 0.3) is 10.1 Å². The number of piperazine rings is 1. The maximum atomic E-state index is 15.6. The Labute approximate surface area is 305 Å². The van der Waals surface area contributed by atoms with Crippen LogP contribution in [0.4, 0.5) is 10.1 Å². The number of anilines is 1. The summed E-state index contributed by atoms with van der Waals surface area (Å²) < 4.78 is 73.3. The van der Waals surface area contributed by atoms with Crippen LogP contribution < -0.4 is 10.6 Å². The molecule has 0 unspecified atom stereocenters. The molecule has 0 saturated carbocycles. The highest BCUT2D eigenvalue weighted by Gasteiger charge is 2.25. The van der Waals surface area contributed by atoms with Crippen LogP contribution in [0.5, 0.6) is 0 Å². The molecule has 3 aromatic heterocycles. The van der Waals surface area contributed by atoms with Crippen LogP contribution in [0.3, 0.4) is 0 Å². The molecule has 7 aromatic rings. The lowest BCUT2D eigenvalue weighted by Crippen LogP contribution is -2.48. The number of hydrogen-bond acceptors (Lipinski definition) is 8. The zero-order valence-corrected chi connectivity index (χ0v) is 30.6. The first-order valence-electron chi connectivity index (χ1n) is 16.6. The molecule has 8 rings (SSSR count). The highest BCUT2D eigenvalue weighted by molar-refractivity contribution is 7.88. The van der Waals surface area contributed by atoms with E-state index >= 15 is 4.39 Å². The Balaban J connectivity index is 0.000000341. The quantitative estimate of drug-likeness (QED) is 0.223. The van der Waals surface area contributed by atoms with Gasteiger partial charge in [0.1, 0.15) is 5.82 Å². The molecule has 0 spiro atoms. The number of imidazole rings is 1. The third kappa shape index (κ3) is 7.15. The van der Waals surface area contributed by atoms with Crippen molar-refractivity contribution < 1.29 is 25.8 Å². The lowest BCUT2D eigenvalue weighted by molar-refractivity contribution is 0.386. The van der Waals surface area contributed by atoms with E-state index in [2.05, 4.69) is 16.0 Å². The van der Waals surface area contributed by atoms with Crippen molar-refractivity contribution in [1.29, 1.82) is 0 Å². The molecule has 1 N–H and O–H groups in total. The van der Waals surface area contributed by atoms with Crippen molar-refractivity contribution in [3.8, 4) is 16.8 Å². The van der Waals surface area contributed by atoms with Gasteiger partial charge in [-0.25, -0.2) is 17.6 Å². The van der Waals surface area contributed by atoms with Crippen LogP contribution in [-0.2, 0) is 27.2 Å². The number of sulfonamides is 1. The van der Waals surface area contributed by atoms with Gasteiger partial charge in [-0.1, -0.05) is 42.0 Å². The summed E-state index contributed by atoms with van der Waals surface area (Å²) in [5.74, 6) is -0.481. The van der Waals surface area contributed by atoms with Gasteiger partial charge in [-0.05, 0) is 61.0 Å². The fourth-order valence-electron chi connectivity index (χ4n) is 6.51. The van der Waals surface area contributed by atoms with Gasteiger partial charge in [0.05, 0.1) is 50.8 Å². The molecule has 4 heterocycles. The van der Waals surface area contributed by atoms with Crippen LogP contribution in [-0.4, -0.2) is 77.2 Å². The van der Waals surface area contributed by atoms with E-state index in [1.807, 2.05) is 60.5 Å². The molecule has 0 aliphatic carbocycles. The molecular formula is C38H35FN6O6S2. The Bertz CT molecular complexity index is 2810. The molecule has 1 aliphatic heterocycles. The number of rotatable bonds is 5. The van der Waals surface area contributed by atoms with Gasteiger partial charge in [-0.2, -0.15) is 12.7 Å². The van der Waals surface area contributed by atoms with E-state index in [9.17, 15) is 21.6 Å². The first kappa shape index (κ1) is 35.9. The molecule has 272 valence electrons. The summed E-state index contributed by atoms with van der Waals surface area (Å²) in [4.78, 5) is 24.5. The molecule has 1 fully saturated rings. The van der Waals surface area contributed by atoms with Crippen LogP contribution in [0.1, 0.15) is 5.56 Å². The molecule has 53 heavy (non-hydrogen) atoms. The van der Waals surface area contributed by atoms with Crippen molar-refractivity contribution in [2.24, 2.45) is 7.05 Å². The average Bonchev–Trinajstić information content (AvgIpc) is 3.40. The van der Waals surface area contributed by atoms with Crippen LogP contribution in [0.15, 0.2) is 113 Å². The maximum absolute atomic E-state index is 15.6. The van der Waals surface area contributed by atoms with Crippen molar-refractivity contribution >= 4 is 58.7 Å². The summed E-state index contributed by atoms with van der Waals surface area (Å²) in [6.07, 6.45) is 4.68. The van der Waals surface area contributed by atoms with Crippen molar-refractivity contribution in [2.75, 3.05) is 37.3 Å². The monoisotopic (exact) mass is 754 g/mol. The summed E-state index contributed by atoms with van der Waals surface area (Å²) in [5, 5.41) is 1.79.